The molecule has 0 aromatic heterocycles. The number of ketones is 1. The summed E-state index contributed by atoms with van der Waals surface area (Å²) < 4.78 is 1.92. The van der Waals surface area contributed by atoms with Gasteiger partial charge in [0.2, 0.25) is 11.8 Å². The SMILES string of the molecule is CC(=O)Nc1cc(C)c(C(C)=O)c(Cl)c1.CC(=O)Nc1cc(C)cc(Cl)c1.S=C=S. The molecule has 0 spiro atoms. The molecule has 9 heteroatoms. The first-order valence-corrected chi connectivity index (χ1v) is 10.1. The zero-order valence-corrected chi connectivity index (χ0v) is 20.3. The Morgan fingerprint density at radius 1 is 0.833 bits per heavy atom. The van der Waals surface area contributed by atoms with E-state index >= 15 is 0 Å². The van der Waals surface area contributed by atoms with Crippen molar-refractivity contribution in [2.24, 2.45) is 0 Å². The number of Topliss-reactive ketones (excluding diaryl/α,β-unsaturated/α-hetero) is 1. The van der Waals surface area contributed by atoms with E-state index in [0.29, 0.717) is 21.3 Å². The van der Waals surface area contributed by atoms with Crippen LogP contribution in [-0.2, 0) is 9.59 Å². The lowest BCUT2D eigenvalue weighted by molar-refractivity contribution is -0.115. The number of amides is 2. The Hall–Kier alpha value is -2.15. The maximum absolute atomic E-state index is 11.2. The van der Waals surface area contributed by atoms with Crippen LogP contribution in [0.25, 0.3) is 0 Å². The quantitative estimate of drug-likeness (QED) is 0.387. The van der Waals surface area contributed by atoms with E-state index in [1.54, 1.807) is 25.1 Å². The number of carbonyl (C=O) groups excluding carboxylic acids is 3. The van der Waals surface area contributed by atoms with Gasteiger partial charge in [-0.15, -0.1) is 0 Å². The van der Waals surface area contributed by atoms with Crippen LogP contribution < -0.4 is 10.6 Å². The van der Waals surface area contributed by atoms with E-state index in [4.69, 9.17) is 23.2 Å². The number of benzene rings is 2. The van der Waals surface area contributed by atoms with E-state index < -0.39 is 0 Å². The number of aryl methyl sites for hydroxylation is 2. The maximum atomic E-state index is 11.2. The molecule has 0 heterocycles. The van der Waals surface area contributed by atoms with Crippen LogP contribution in [0.1, 0.15) is 42.3 Å². The van der Waals surface area contributed by atoms with Crippen LogP contribution >= 0.6 is 47.6 Å². The number of hydrogen-bond donors (Lipinski definition) is 2. The Labute approximate surface area is 197 Å². The Bertz CT molecular complexity index is 929. The largest absolute Gasteiger partial charge is 0.326 e. The normalized spacial score (nSPS) is 9.03. The van der Waals surface area contributed by atoms with Crippen LogP contribution in [0.15, 0.2) is 30.3 Å². The summed E-state index contributed by atoms with van der Waals surface area (Å²) in [4.78, 5) is 32.8. The van der Waals surface area contributed by atoms with E-state index in [1.165, 1.54) is 20.8 Å². The fourth-order valence-corrected chi connectivity index (χ4v) is 3.17. The second-order valence-corrected chi connectivity index (χ2v) is 7.68. The average molecular weight is 485 g/mol. The number of rotatable bonds is 3. The van der Waals surface area contributed by atoms with Gasteiger partial charge in [0, 0.05) is 40.1 Å². The highest BCUT2D eigenvalue weighted by molar-refractivity contribution is 7.93. The van der Waals surface area contributed by atoms with Crippen molar-refractivity contribution < 1.29 is 14.4 Å². The summed E-state index contributed by atoms with van der Waals surface area (Å²) in [6, 6.07) is 8.73. The highest BCUT2D eigenvalue weighted by Gasteiger charge is 2.11. The van der Waals surface area contributed by atoms with Crippen LogP contribution in [0.4, 0.5) is 11.4 Å². The lowest BCUT2D eigenvalue weighted by Crippen LogP contribution is -2.07. The Kier molecular flexibility index (Phi) is 13.0. The van der Waals surface area contributed by atoms with Gasteiger partial charge < -0.3 is 10.6 Å². The second-order valence-electron chi connectivity index (χ2n) is 6.17. The molecule has 0 saturated carbocycles. The summed E-state index contributed by atoms with van der Waals surface area (Å²) in [5, 5.41) is 6.29. The summed E-state index contributed by atoms with van der Waals surface area (Å²) in [5.41, 5.74) is 3.65. The van der Waals surface area contributed by atoms with Gasteiger partial charge in [0.05, 0.1) is 5.02 Å². The van der Waals surface area contributed by atoms with Gasteiger partial charge >= 0.3 is 0 Å². The number of halogens is 2. The van der Waals surface area contributed by atoms with Crippen molar-refractivity contribution >= 4 is 80.9 Å². The Morgan fingerprint density at radius 2 is 1.30 bits per heavy atom. The van der Waals surface area contributed by atoms with E-state index in [-0.39, 0.29) is 17.6 Å². The van der Waals surface area contributed by atoms with Gasteiger partial charge in [-0.2, -0.15) is 0 Å². The van der Waals surface area contributed by atoms with Crippen molar-refractivity contribution in [3.05, 3.63) is 57.1 Å². The van der Waals surface area contributed by atoms with E-state index in [0.717, 1.165) is 16.8 Å². The third kappa shape index (κ3) is 11.1. The highest BCUT2D eigenvalue weighted by Crippen LogP contribution is 2.25. The summed E-state index contributed by atoms with van der Waals surface area (Å²) in [6.07, 6.45) is 0. The molecule has 0 aliphatic carbocycles. The zero-order chi connectivity index (χ0) is 23.4. The van der Waals surface area contributed by atoms with Gasteiger partial charge in [0.25, 0.3) is 0 Å². The van der Waals surface area contributed by atoms with Crippen molar-refractivity contribution in [3.8, 4) is 0 Å². The molecular formula is C21H22Cl2N2O3S2. The zero-order valence-electron chi connectivity index (χ0n) is 17.2. The fraction of sp³-hybridized carbons (Fsp3) is 0.238. The molecular weight excluding hydrogens is 463 g/mol. The number of hydrogen-bond acceptors (Lipinski definition) is 5. The van der Waals surface area contributed by atoms with Gasteiger partial charge in [0.1, 0.15) is 0 Å². The molecule has 2 amide bonds. The molecule has 0 aliphatic heterocycles. The van der Waals surface area contributed by atoms with Crippen LogP contribution in [0.5, 0.6) is 0 Å². The van der Waals surface area contributed by atoms with E-state index in [2.05, 4.69) is 35.1 Å². The standard InChI is InChI=1S/C11H12ClNO2.C9H10ClNO.CS2/c1-6-4-9(13-8(3)15)5-10(12)11(6)7(2)14;1-6-3-8(10)5-9(4-6)11-7(2)12;2-1-3/h4-5H,1-3H3,(H,13,15);3-5H,1-2H3,(H,11,12);. The van der Waals surface area contributed by atoms with Gasteiger partial charge in [-0.25, -0.2) is 0 Å². The van der Waals surface area contributed by atoms with E-state index in [9.17, 15) is 14.4 Å². The lowest BCUT2D eigenvalue weighted by atomic mass is 10.0. The minimum atomic E-state index is -0.166. The second kappa shape index (κ2) is 14.0. The number of carbonyl (C=O) groups is 3. The fourth-order valence-electron chi connectivity index (χ4n) is 2.48. The van der Waals surface area contributed by atoms with Crippen LogP contribution in [-0.4, -0.2) is 21.9 Å². The molecule has 5 nitrogen and oxygen atoms in total. The first kappa shape index (κ1) is 27.8. The van der Waals surface area contributed by atoms with Crippen molar-refractivity contribution in [2.45, 2.75) is 34.6 Å². The minimum absolute atomic E-state index is 0.0770. The van der Waals surface area contributed by atoms with Gasteiger partial charge in [-0.05, 0) is 86.7 Å². The molecule has 30 heavy (non-hydrogen) atoms. The minimum Gasteiger partial charge on any atom is -0.326 e. The molecule has 0 bridgehead atoms. The molecule has 160 valence electrons. The molecule has 0 atom stereocenters. The van der Waals surface area contributed by atoms with Crippen molar-refractivity contribution in [1.29, 1.82) is 0 Å². The molecule has 0 aliphatic rings. The Morgan fingerprint density at radius 3 is 1.67 bits per heavy atom. The van der Waals surface area contributed by atoms with Gasteiger partial charge in [-0.1, -0.05) is 23.2 Å². The average Bonchev–Trinajstić information content (AvgIpc) is 2.52. The molecule has 2 aromatic rings. The first-order valence-electron chi connectivity index (χ1n) is 8.54. The molecule has 2 rings (SSSR count). The number of thiocarbonyl (C=S) groups is 2. The number of anilines is 2. The molecule has 2 N–H and O–H groups in total. The van der Waals surface area contributed by atoms with Crippen LogP contribution in [0.3, 0.4) is 0 Å². The summed E-state index contributed by atoms with van der Waals surface area (Å²) in [6.45, 7) is 8.07. The molecule has 2 aromatic carbocycles. The smallest absolute Gasteiger partial charge is 0.221 e. The number of nitrogens with one attached hydrogen (secondary N) is 2. The van der Waals surface area contributed by atoms with Crippen LogP contribution in [0, 0.1) is 13.8 Å². The lowest BCUT2D eigenvalue weighted by Gasteiger charge is -2.08. The van der Waals surface area contributed by atoms with Crippen LogP contribution in [0.2, 0.25) is 10.0 Å². The topological polar surface area (TPSA) is 75.3 Å². The van der Waals surface area contributed by atoms with Gasteiger partial charge in [-0.3, -0.25) is 14.4 Å². The monoisotopic (exact) mass is 484 g/mol. The highest BCUT2D eigenvalue weighted by atomic mass is 35.5. The summed E-state index contributed by atoms with van der Waals surface area (Å²) >= 11 is 19.6. The third-order valence-corrected chi connectivity index (χ3v) is 3.84. The predicted molar refractivity (Wildman–Crippen MR) is 131 cm³/mol. The van der Waals surface area contributed by atoms with E-state index in [1.807, 2.05) is 23.4 Å². The van der Waals surface area contributed by atoms with Crippen molar-refractivity contribution in [2.75, 3.05) is 10.6 Å². The first-order chi connectivity index (χ1) is 13.9. The molecule has 0 fully saturated rings. The van der Waals surface area contributed by atoms with Crippen molar-refractivity contribution in [1.82, 2.24) is 0 Å². The Balaban J connectivity index is 0.000000505. The molecule has 0 unspecified atom stereocenters. The van der Waals surface area contributed by atoms with Crippen molar-refractivity contribution in [3.63, 3.8) is 0 Å². The maximum Gasteiger partial charge on any atom is 0.221 e. The predicted octanol–water partition coefficient (Wildman–Crippen LogP) is 6.43. The summed E-state index contributed by atoms with van der Waals surface area (Å²) in [7, 11) is 0. The van der Waals surface area contributed by atoms with Gasteiger partial charge in [0.15, 0.2) is 5.78 Å². The molecule has 0 radical (unpaired) electrons. The summed E-state index contributed by atoms with van der Waals surface area (Å²) in [5.74, 6) is -0.329. The molecule has 0 saturated heterocycles. The third-order valence-electron chi connectivity index (χ3n) is 3.32.